The molecule has 2 fully saturated rings. The van der Waals surface area contributed by atoms with Gasteiger partial charge in [-0.3, -0.25) is 33.5 Å². The van der Waals surface area contributed by atoms with E-state index in [0.29, 0.717) is 25.7 Å². The van der Waals surface area contributed by atoms with Crippen LogP contribution in [0.15, 0.2) is 45.8 Å². The van der Waals surface area contributed by atoms with Gasteiger partial charge >= 0.3 is 11.7 Å². The molecule has 0 saturated carbocycles. The molecule has 3 amide bonds. The predicted molar refractivity (Wildman–Crippen MR) is 218 cm³/mol. The number of nitrogens with zero attached hydrogens (tertiary/aromatic N) is 1. The number of ether oxygens (including phenoxy) is 5. The Bertz CT molecular complexity index is 1730. The molecule has 0 aromatic carbocycles. The molecule has 4 heterocycles. The summed E-state index contributed by atoms with van der Waals surface area (Å²) < 4.78 is 30.0. The first-order chi connectivity index (χ1) is 28.8. The van der Waals surface area contributed by atoms with E-state index >= 15 is 0 Å². The number of aromatic nitrogens is 2. The monoisotopic (exact) mass is 847 g/mol. The van der Waals surface area contributed by atoms with Crippen LogP contribution < -0.4 is 27.6 Å². The first-order valence-electron chi connectivity index (χ1n) is 21.5. The molecule has 3 aliphatic rings. The molecule has 0 aliphatic carbocycles. The largest absolute Gasteiger partial charge is 0.456 e. The SMILES string of the molecule is CCCCCCCC/C=C\CCCCCCCC(=O)O[C@@H]1[C@H](OC)[C@@H]([C@@H](O[C@H]2OC(C(=O)N[C@H]3CCC[C@@H](C)NC3=O)=C[C@H](O)[C@@H]2O)C(N)=O)O[C@H]1n1ccc(=O)[nH]c1=O. The average Bonchev–Trinajstić information content (AvgIpc) is 3.46. The van der Waals surface area contributed by atoms with Crippen molar-refractivity contribution in [1.29, 1.82) is 0 Å². The first-order valence-corrected chi connectivity index (χ1v) is 21.5. The number of nitrogens with two attached hydrogens (primary N) is 1. The van der Waals surface area contributed by atoms with Gasteiger partial charge in [0.1, 0.15) is 30.5 Å². The van der Waals surface area contributed by atoms with Crippen LogP contribution in [-0.2, 0) is 42.9 Å². The second-order valence-corrected chi connectivity index (χ2v) is 15.8. The summed E-state index contributed by atoms with van der Waals surface area (Å²) >= 11 is 0. The van der Waals surface area contributed by atoms with Crippen molar-refractivity contribution in [3.05, 3.63) is 57.1 Å². The lowest BCUT2D eigenvalue weighted by Crippen LogP contribution is -2.54. The van der Waals surface area contributed by atoms with E-state index in [4.69, 9.17) is 29.4 Å². The fraction of sp³-hybridized carbons (Fsp3) is 0.714. The molecular weight excluding hydrogens is 782 g/mol. The Hall–Kier alpha value is -4.36. The van der Waals surface area contributed by atoms with Crippen LogP contribution in [0.25, 0.3) is 0 Å². The lowest BCUT2D eigenvalue weighted by molar-refractivity contribution is -0.241. The number of hydrogen-bond donors (Lipinski definition) is 6. The maximum Gasteiger partial charge on any atom is 0.330 e. The van der Waals surface area contributed by atoms with Crippen molar-refractivity contribution in [3.63, 3.8) is 0 Å². The Morgan fingerprint density at radius 1 is 0.983 bits per heavy atom. The molecule has 2 saturated heterocycles. The summed E-state index contributed by atoms with van der Waals surface area (Å²) in [5.74, 6) is -3.57. The van der Waals surface area contributed by atoms with Gasteiger partial charge in [-0.2, -0.15) is 0 Å². The lowest BCUT2D eigenvalue weighted by atomic mass is 10.0. The van der Waals surface area contributed by atoms with Gasteiger partial charge in [-0.15, -0.1) is 0 Å². The number of amides is 3. The van der Waals surface area contributed by atoms with Crippen LogP contribution in [-0.4, -0.2) is 106 Å². The molecule has 0 unspecified atom stereocenters. The van der Waals surface area contributed by atoms with E-state index in [1.165, 1.54) is 45.6 Å². The summed E-state index contributed by atoms with van der Waals surface area (Å²) in [7, 11) is 1.24. The summed E-state index contributed by atoms with van der Waals surface area (Å²) in [5, 5.41) is 26.9. The number of unbranched alkanes of at least 4 members (excludes halogenated alkanes) is 11. The van der Waals surface area contributed by atoms with E-state index in [0.717, 1.165) is 61.4 Å². The molecule has 0 bridgehead atoms. The first kappa shape index (κ1) is 48.3. The number of carbonyl (C=O) groups excluding carboxylic acids is 4. The van der Waals surface area contributed by atoms with E-state index < -0.39 is 95.9 Å². The molecule has 60 heavy (non-hydrogen) atoms. The standard InChI is InChI=1S/C42H65N5O13/c1-4-5-6-7-8-9-10-11-12-13-14-15-16-17-18-22-31(50)58-36-33(56-3)34(59-40(36)47-24-23-30(49)46-42(47)55)35(37(43)52)60-41-32(51)28(48)25-29(57-41)39(54)45-27-21-19-20-26(2)44-38(27)53/h11-12,23-28,32-36,40-41,48,51H,4-10,13-22H2,1-3H3,(H2,43,52)(H,44,53)(H,45,54)(H,46,49,55)/b12-11-/t26-,27+,28+,32+,33-,34+,35-,36-,40-,41-/m1/s1. The summed E-state index contributed by atoms with van der Waals surface area (Å²) in [6.07, 6.45) is 9.49. The van der Waals surface area contributed by atoms with Crippen LogP contribution in [0.4, 0.5) is 0 Å². The van der Waals surface area contributed by atoms with Crippen molar-refractivity contribution in [2.45, 2.75) is 184 Å². The number of rotatable bonds is 24. The third-order valence-corrected chi connectivity index (χ3v) is 11.0. The highest BCUT2D eigenvalue weighted by Gasteiger charge is 2.54. The molecule has 10 atom stereocenters. The van der Waals surface area contributed by atoms with E-state index in [1.807, 2.05) is 6.92 Å². The van der Waals surface area contributed by atoms with E-state index in [2.05, 4.69) is 34.7 Å². The topological polar surface area (TPSA) is 260 Å². The van der Waals surface area contributed by atoms with E-state index in [9.17, 15) is 39.0 Å². The van der Waals surface area contributed by atoms with Crippen molar-refractivity contribution < 1.29 is 53.1 Å². The fourth-order valence-electron chi connectivity index (χ4n) is 7.58. The Morgan fingerprint density at radius 3 is 2.30 bits per heavy atom. The number of methoxy groups -OCH3 is 1. The Kier molecular flexibility index (Phi) is 20.0. The Labute approximate surface area is 350 Å². The highest BCUT2D eigenvalue weighted by Crippen LogP contribution is 2.36. The predicted octanol–water partition coefficient (Wildman–Crippen LogP) is 2.40. The molecule has 7 N–H and O–H groups in total. The zero-order chi connectivity index (χ0) is 43.6. The van der Waals surface area contributed by atoms with E-state index in [-0.39, 0.29) is 12.5 Å². The number of primary amides is 1. The number of aromatic amines is 1. The minimum Gasteiger partial charge on any atom is -0.456 e. The van der Waals surface area contributed by atoms with Gasteiger partial charge in [0.2, 0.25) is 18.1 Å². The lowest BCUT2D eigenvalue weighted by Gasteiger charge is -2.35. The Balaban J connectivity index is 1.37. The molecule has 1 aromatic heterocycles. The number of H-pyrrole nitrogens is 1. The maximum absolute atomic E-state index is 13.3. The molecule has 1 aromatic rings. The van der Waals surface area contributed by atoms with Crippen LogP contribution in [0.3, 0.4) is 0 Å². The summed E-state index contributed by atoms with van der Waals surface area (Å²) in [6.45, 7) is 4.07. The third kappa shape index (κ3) is 14.4. The average molecular weight is 848 g/mol. The number of aliphatic hydroxyl groups excluding tert-OH is 2. The molecule has 0 radical (unpaired) electrons. The van der Waals surface area contributed by atoms with Crippen LogP contribution >= 0.6 is 0 Å². The van der Waals surface area contributed by atoms with Gasteiger partial charge in [0.05, 0.1) is 0 Å². The molecule has 0 spiro atoms. The summed E-state index contributed by atoms with van der Waals surface area (Å²) in [6, 6.07) is 0.0759. The van der Waals surface area contributed by atoms with E-state index in [1.54, 1.807) is 0 Å². The second kappa shape index (κ2) is 24.8. The minimum atomic E-state index is -1.88. The Morgan fingerprint density at radius 2 is 1.65 bits per heavy atom. The van der Waals surface area contributed by atoms with Crippen molar-refractivity contribution >= 4 is 23.7 Å². The van der Waals surface area contributed by atoms with Gasteiger partial charge in [-0.05, 0) is 64.4 Å². The molecule has 4 rings (SSSR count). The zero-order valence-electron chi connectivity index (χ0n) is 35.1. The second-order valence-electron chi connectivity index (χ2n) is 15.8. The fourth-order valence-corrected chi connectivity index (χ4v) is 7.58. The molecule has 18 heteroatoms. The van der Waals surface area contributed by atoms with Gasteiger partial charge in [-0.1, -0.05) is 70.4 Å². The number of nitrogens with one attached hydrogen (secondary N) is 3. The number of allylic oxidation sites excluding steroid dienone is 2. The quantitative estimate of drug-likeness (QED) is 0.0497. The molecule has 18 nitrogen and oxygen atoms in total. The minimum absolute atomic E-state index is 0.0391. The molecule has 336 valence electrons. The molecular formula is C42H65N5O13. The highest BCUT2D eigenvalue weighted by molar-refractivity contribution is 5.95. The smallest absolute Gasteiger partial charge is 0.330 e. The number of hydrogen-bond acceptors (Lipinski definition) is 13. The number of esters is 1. The van der Waals surface area contributed by atoms with Gasteiger partial charge in [0.15, 0.2) is 24.2 Å². The van der Waals surface area contributed by atoms with Gasteiger partial charge in [-0.25, -0.2) is 4.79 Å². The van der Waals surface area contributed by atoms with Gasteiger partial charge in [0, 0.05) is 31.8 Å². The van der Waals surface area contributed by atoms with Crippen LogP contribution in [0.2, 0.25) is 0 Å². The van der Waals surface area contributed by atoms with Crippen molar-refractivity contribution in [2.75, 3.05) is 7.11 Å². The van der Waals surface area contributed by atoms with Crippen LogP contribution in [0.1, 0.15) is 129 Å². The third-order valence-electron chi connectivity index (χ3n) is 11.0. The normalized spacial score (nSPS) is 27.4. The number of carbonyl (C=O) groups is 4. The summed E-state index contributed by atoms with van der Waals surface area (Å²) in [5.41, 5.74) is 4.16. The van der Waals surface area contributed by atoms with Crippen molar-refractivity contribution in [1.82, 2.24) is 20.2 Å². The maximum atomic E-state index is 13.3. The van der Waals surface area contributed by atoms with Crippen molar-refractivity contribution in [2.24, 2.45) is 5.73 Å². The van der Waals surface area contributed by atoms with Crippen LogP contribution in [0, 0.1) is 0 Å². The van der Waals surface area contributed by atoms with Crippen molar-refractivity contribution in [3.8, 4) is 0 Å². The number of aliphatic hydroxyl groups is 2. The van der Waals surface area contributed by atoms with Crippen LogP contribution in [0.5, 0.6) is 0 Å². The zero-order valence-corrected chi connectivity index (χ0v) is 35.1. The summed E-state index contributed by atoms with van der Waals surface area (Å²) in [4.78, 5) is 79.1. The van der Waals surface area contributed by atoms with Gasteiger partial charge < -0.3 is 50.3 Å². The van der Waals surface area contributed by atoms with Gasteiger partial charge in [0.25, 0.3) is 11.5 Å². The molecule has 3 aliphatic heterocycles. The highest BCUT2D eigenvalue weighted by atomic mass is 16.7.